The Morgan fingerprint density at radius 1 is 1.11 bits per heavy atom. The topological polar surface area (TPSA) is 46.5 Å². The predicted molar refractivity (Wildman–Crippen MR) is 68.8 cm³/mol. The minimum absolute atomic E-state index is 0.0570. The van der Waals surface area contributed by atoms with E-state index in [0.717, 1.165) is 0 Å². The zero-order chi connectivity index (χ0) is 13.0. The minimum atomic E-state index is -0.108. The largest absolute Gasteiger partial charge is 0.496 e. The van der Waals surface area contributed by atoms with Gasteiger partial charge in [-0.2, -0.15) is 0 Å². The van der Waals surface area contributed by atoms with Crippen LogP contribution < -0.4 is 4.74 Å². The van der Waals surface area contributed by atoms with E-state index in [4.69, 9.17) is 9.84 Å². The highest BCUT2D eigenvalue weighted by Crippen LogP contribution is 2.21. The van der Waals surface area contributed by atoms with Crippen molar-refractivity contribution in [2.45, 2.75) is 6.61 Å². The molecule has 2 rings (SSSR count). The monoisotopic (exact) mass is 242 g/mol. The molecule has 3 nitrogen and oxygen atoms in total. The molecule has 1 N–H and O–H groups in total. The number of rotatable bonds is 4. The minimum Gasteiger partial charge on any atom is -0.496 e. The van der Waals surface area contributed by atoms with Gasteiger partial charge in [-0.3, -0.25) is 4.79 Å². The Kier molecular flexibility index (Phi) is 3.75. The highest BCUT2D eigenvalue weighted by molar-refractivity contribution is 6.09. The van der Waals surface area contributed by atoms with E-state index in [-0.39, 0.29) is 12.4 Å². The van der Waals surface area contributed by atoms with E-state index in [1.54, 1.807) is 30.3 Å². The second-order valence-corrected chi connectivity index (χ2v) is 3.88. The van der Waals surface area contributed by atoms with E-state index < -0.39 is 0 Å². The quantitative estimate of drug-likeness (QED) is 0.837. The first-order valence-corrected chi connectivity index (χ1v) is 5.63. The lowest BCUT2D eigenvalue weighted by Crippen LogP contribution is -2.02. The van der Waals surface area contributed by atoms with E-state index in [0.29, 0.717) is 22.4 Å². The van der Waals surface area contributed by atoms with Gasteiger partial charge in [0.1, 0.15) is 5.75 Å². The molecule has 0 amide bonds. The lowest BCUT2D eigenvalue weighted by atomic mass is 10.0. The Morgan fingerprint density at radius 2 is 1.83 bits per heavy atom. The van der Waals surface area contributed by atoms with Gasteiger partial charge in [0, 0.05) is 16.7 Å². The SMILES string of the molecule is COc1cc(C(=O)c2ccccc2)ccc1CO. The average molecular weight is 242 g/mol. The second kappa shape index (κ2) is 5.47. The van der Waals surface area contributed by atoms with Crippen molar-refractivity contribution in [2.75, 3.05) is 7.11 Å². The molecule has 3 heteroatoms. The van der Waals surface area contributed by atoms with Gasteiger partial charge < -0.3 is 9.84 Å². The fourth-order valence-electron chi connectivity index (χ4n) is 1.77. The van der Waals surface area contributed by atoms with Crippen LogP contribution in [0.1, 0.15) is 21.5 Å². The third-order valence-electron chi connectivity index (χ3n) is 2.76. The summed E-state index contributed by atoms with van der Waals surface area (Å²) < 4.78 is 5.15. The molecule has 2 aromatic rings. The van der Waals surface area contributed by atoms with Crippen molar-refractivity contribution in [3.05, 3.63) is 65.2 Å². The Balaban J connectivity index is 2.37. The van der Waals surface area contributed by atoms with Gasteiger partial charge in [-0.15, -0.1) is 0 Å². The number of hydrogen-bond donors (Lipinski definition) is 1. The van der Waals surface area contributed by atoms with E-state index in [1.807, 2.05) is 18.2 Å². The summed E-state index contributed by atoms with van der Waals surface area (Å²) in [6.45, 7) is -0.108. The number of carbonyl (C=O) groups is 1. The molecule has 0 aliphatic rings. The first-order valence-electron chi connectivity index (χ1n) is 5.63. The molecule has 0 unspecified atom stereocenters. The van der Waals surface area contributed by atoms with Gasteiger partial charge in [-0.05, 0) is 6.07 Å². The maximum absolute atomic E-state index is 12.2. The van der Waals surface area contributed by atoms with Gasteiger partial charge in [0.25, 0.3) is 0 Å². The summed E-state index contributed by atoms with van der Waals surface area (Å²) >= 11 is 0. The third-order valence-corrected chi connectivity index (χ3v) is 2.76. The molecular formula is C15H14O3. The smallest absolute Gasteiger partial charge is 0.193 e. The van der Waals surface area contributed by atoms with Crippen LogP contribution in [-0.4, -0.2) is 18.0 Å². The van der Waals surface area contributed by atoms with Crippen LogP contribution in [-0.2, 0) is 6.61 Å². The van der Waals surface area contributed by atoms with Gasteiger partial charge in [0.2, 0.25) is 0 Å². The molecule has 0 aliphatic heterocycles. The molecule has 0 heterocycles. The van der Waals surface area contributed by atoms with Crippen LogP contribution in [0.5, 0.6) is 5.75 Å². The molecule has 0 radical (unpaired) electrons. The van der Waals surface area contributed by atoms with Crippen molar-refractivity contribution in [3.8, 4) is 5.75 Å². The normalized spacial score (nSPS) is 10.1. The Hall–Kier alpha value is -2.13. The van der Waals surface area contributed by atoms with Crippen molar-refractivity contribution in [1.29, 1.82) is 0 Å². The highest BCUT2D eigenvalue weighted by atomic mass is 16.5. The van der Waals surface area contributed by atoms with Gasteiger partial charge in [0.15, 0.2) is 5.78 Å². The van der Waals surface area contributed by atoms with Crippen LogP contribution in [0.3, 0.4) is 0 Å². The van der Waals surface area contributed by atoms with Crippen LogP contribution in [0.4, 0.5) is 0 Å². The van der Waals surface area contributed by atoms with Gasteiger partial charge >= 0.3 is 0 Å². The fourth-order valence-corrected chi connectivity index (χ4v) is 1.77. The number of methoxy groups -OCH3 is 1. The lowest BCUT2D eigenvalue weighted by molar-refractivity contribution is 0.103. The summed E-state index contributed by atoms with van der Waals surface area (Å²) in [4.78, 5) is 12.2. The number of hydrogen-bond acceptors (Lipinski definition) is 3. The number of ether oxygens (including phenoxy) is 1. The Morgan fingerprint density at radius 3 is 2.44 bits per heavy atom. The Labute approximate surface area is 106 Å². The summed E-state index contributed by atoms with van der Waals surface area (Å²) in [5, 5.41) is 9.13. The first kappa shape index (κ1) is 12.3. The molecule has 0 fully saturated rings. The van der Waals surface area contributed by atoms with E-state index in [9.17, 15) is 4.79 Å². The summed E-state index contributed by atoms with van der Waals surface area (Å²) in [5.41, 5.74) is 1.86. The fraction of sp³-hybridized carbons (Fsp3) is 0.133. The highest BCUT2D eigenvalue weighted by Gasteiger charge is 2.11. The number of aliphatic hydroxyl groups excluding tert-OH is 1. The molecule has 2 aromatic carbocycles. The van der Waals surface area contributed by atoms with Crippen LogP contribution >= 0.6 is 0 Å². The zero-order valence-corrected chi connectivity index (χ0v) is 10.1. The van der Waals surface area contributed by atoms with Crippen molar-refractivity contribution in [2.24, 2.45) is 0 Å². The first-order chi connectivity index (χ1) is 8.76. The average Bonchev–Trinajstić information content (AvgIpc) is 2.46. The van der Waals surface area contributed by atoms with Crippen molar-refractivity contribution < 1.29 is 14.6 Å². The molecule has 0 saturated heterocycles. The van der Waals surface area contributed by atoms with Gasteiger partial charge in [-0.25, -0.2) is 0 Å². The molecule has 18 heavy (non-hydrogen) atoms. The lowest BCUT2D eigenvalue weighted by Gasteiger charge is -2.08. The maximum atomic E-state index is 12.2. The summed E-state index contributed by atoms with van der Waals surface area (Å²) in [5.74, 6) is 0.470. The van der Waals surface area contributed by atoms with E-state index in [2.05, 4.69) is 0 Å². The summed E-state index contributed by atoms with van der Waals surface area (Å²) in [7, 11) is 1.52. The molecule has 92 valence electrons. The third kappa shape index (κ3) is 2.41. The molecule has 0 aliphatic carbocycles. The summed E-state index contributed by atoms with van der Waals surface area (Å²) in [6, 6.07) is 14.1. The maximum Gasteiger partial charge on any atom is 0.193 e. The summed E-state index contributed by atoms with van der Waals surface area (Å²) in [6.07, 6.45) is 0. The molecule has 0 saturated carbocycles. The standard InChI is InChI=1S/C15H14O3/c1-18-14-9-12(7-8-13(14)10-16)15(17)11-5-3-2-4-6-11/h2-9,16H,10H2,1H3. The van der Waals surface area contributed by atoms with Crippen molar-refractivity contribution in [3.63, 3.8) is 0 Å². The molecule has 0 aromatic heterocycles. The van der Waals surface area contributed by atoms with Crippen molar-refractivity contribution in [1.82, 2.24) is 0 Å². The van der Waals surface area contributed by atoms with E-state index >= 15 is 0 Å². The Bertz CT molecular complexity index is 547. The van der Waals surface area contributed by atoms with Crippen LogP contribution in [0, 0.1) is 0 Å². The number of carbonyl (C=O) groups excluding carboxylic acids is 1. The second-order valence-electron chi connectivity index (χ2n) is 3.88. The van der Waals surface area contributed by atoms with Crippen LogP contribution in [0.15, 0.2) is 48.5 Å². The predicted octanol–water partition coefficient (Wildman–Crippen LogP) is 2.42. The van der Waals surface area contributed by atoms with E-state index in [1.165, 1.54) is 7.11 Å². The number of benzene rings is 2. The van der Waals surface area contributed by atoms with Crippen LogP contribution in [0.2, 0.25) is 0 Å². The number of aliphatic hydroxyl groups is 1. The molecule has 0 atom stereocenters. The van der Waals surface area contributed by atoms with Crippen LogP contribution in [0.25, 0.3) is 0 Å². The van der Waals surface area contributed by atoms with Gasteiger partial charge in [-0.1, -0.05) is 42.5 Å². The van der Waals surface area contributed by atoms with Crippen molar-refractivity contribution >= 4 is 5.78 Å². The number of ketones is 1. The zero-order valence-electron chi connectivity index (χ0n) is 10.1. The van der Waals surface area contributed by atoms with Gasteiger partial charge in [0.05, 0.1) is 13.7 Å². The molecule has 0 spiro atoms. The molecule has 0 bridgehead atoms. The molecular weight excluding hydrogens is 228 g/mol.